The summed E-state index contributed by atoms with van der Waals surface area (Å²) < 4.78 is 39.7. The number of nitrogen functional groups attached to an aromatic ring is 1. The Morgan fingerprint density at radius 1 is 0.929 bits per heavy atom. The molecule has 0 radical (unpaired) electrons. The lowest BCUT2D eigenvalue weighted by atomic mass is 10.1. The van der Waals surface area contributed by atoms with Crippen molar-refractivity contribution in [1.29, 1.82) is 0 Å². The third-order valence-electron chi connectivity index (χ3n) is 3.94. The number of para-hydroxylation sites is 1. The van der Waals surface area contributed by atoms with Gasteiger partial charge in [-0.05, 0) is 35.9 Å². The lowest BCUT2D eigenvalue weighted by Gasteiger charge is -2.19. The molecule has 0 fully saturated rings. The molecule has 28 heavy (non-hydrogen) atoms. The van der Waals surface area contributed by atoms with Crippen LogP contribution in [-0.2, 0) is 11.0 Å². The zero-order valence-corrected chi connectivity index (χ0v) is 15.4. The first-order chi connectivity index (χ1) is 13.3. The van der Waals surface area contributed by atoms with Gasteiger partial charge in [0.05, 0.1) is 11.3 Å². The maximum absolute atomic E-state index is 13.2. The second-order valence-electron chi connectivity index (χ2n) is 6.01. The van der Waals surface area contributed by atoms with Crippen LogP contribution in [0.25, 0.3) is 0 Å². The van der Waals surface area contributed by atoms with E-state index in [1.807, 2.05) is 6.07 Å². The second-order valence-corrected chi connectivity index (χ2v) is 7.19. The van der Waals surface area contributed by atoms with Crippen LogP contribution in [0.1, 0.15) is 16.4 Å². The number of alkyl halides is 3. The SMILES string of the molecule is Nc1cccc(SC(C(=O)Nc2ccccc2C(F)(F)F)c2ccccc2)c1. The highest BCUT2D eigenvalue weighted by atomic mass is 32.2. The fourth-order valence-corrected chi connectivity index (χ4v) is 3.75. The quantitative estimate of drug-likeness (QED) is 0.421. The third kappa shape index (κ3) is 4.86. The van der Waals surface area contributed by atoms with E-state index in [-0.39, 0.29) is 5.69 Å². The van der Waals surface area contributed by atoms with Gasteiger partial charge < -0.3 is 11.1 Å². The van der Waals surface area contributed by atoms with Crippen LogP contribution >= 0.6 is 11.8 Å². The van der Waals surface area contributed by atoms with Gasteiger partial charge in [-0.25, -0.2) is 0 Å². The van der Waals surface area contributed by atoms with Crippen molar-refractivity contribution in [3.05, 3.63) is 90.0 Å². The maximum atomic E-state index is 13.2. The molecule has 144 valence electrons. The zero-order valence-electron chi connectivity index (χ0n) is 14.6. The number of carbonyl (C=O) groups is 1. The molecule has 3 aromatic carbocycles. The molecule has 1 unspecified atom stereocenters. The van der Waals surface area contributed by atoms with Crippen molar-refractivity contribution < 1.29 is 18.0 Å². The summed E-state index contributed by atoms with van der Waals surface area (Å²) in [6, 6.07) is 20.8. The summed E-state index contributed by atoms with van der Waals surface area (Å²) in [6.45, 7) is 0. The number of thioether (sulfide) groups is 1. The van der Waals surface area contributed by atoms with Gasteiger partial charge in [-0.15, -0.1) is 11.8 Å². The Morgan fingerprint density at radius 3 is 2.29 bits per heavy atom. The van der Waals surface area contributed by atoms with Crippen LogP contribution in [0, 0.1) is 0 Å². The smallest absolute Gasteiger partial charge is 0.399 e. The van der Waals surface area contributed by atoms with Gasteiger partial charge in [0.2, 0.25) is 5.91 Å². The largest absolute Gasteiger partial charge is 0.418 e. The summed E-state index contributed by atoms with van der Waals surface area (Å²) >= 11 is 1.22. The van der Waals surface area contributed by atoms with E-state index in [0.717, 1.165) is 11.0 Å². The number of nitrogens with two attached hydrogens (primary N) is 1. The Hall–Kier alpha value is -2.93. The average Bonchev–Trinajstić information content (AvgIpc) is 2.66. The Balaban J connectivity index is 1.92. The molecule has 0 aliphatic carbocycles. The van der Waals surface area contributed by atoms with Gasteiger partial charge in [-0.1, -0.05) is 48.5 Å². The van der Waals surface area contributed by atoms with Gasteiger partial charge in [-0.3, -0.25) is 4.79 Å². The first-order valence-corrected chi connectivity index (χ1v) is 9.27. The van der Waals surface area contributed by atoms with E-state index in [9.17, 15) is 18.0 Å². The van der Waals surface area contributed by atoms with E-state index in [1.165, 1.54) is 30.0 Å². The van der Waals surface area contributed by atoms with Gasteiger partial charge >= 0.3 is 6.18 Å². The fourth-order valence-electron chi connectivity index (χ4n) is 2.66. The van der Waals surface area contributed by atoms with Crippen molar-refractivity contribution in [3.63, 3.8) is 0 Å². The zero-order chi connectivity index (χ0) is 20.1. The summed E-state index contributed by atoms with van der Waals surface area (Å²) in [7, 11) is 0. The van der Waals surface area contributed by atoms with Crippen LogP contribution < -0.4 is 11.1 Å². The first kappa shape index (κ1) is 19.8. The molecule has 3 nitrogen and oxygen atoms in total. The van der Waals surface area contributed by atoms with Gasteiger partial charge in [0.15, 0.2) is 0 Å². The number of benzene rings is 3. The number of anilines is 2. The van der Waals surface area contributed by atoms with Crippen LogP contribution in [0.2, 0.25) is 0 Å². The number of nitrogens with one attached hydrogen (secondary N) is 1. The normalized spacial score (nSPS) is 12.4. The molecule has 3 aromatic rings. The van der Waals surface area contributed by atoms with Crippen molar-refractivity contribution in [2.75, 3.05) is 11.1 Å². The Labute approximate surface area is 164 Å². The summed E-state index contributed by atoms with van der Waals surface area (Å²) in [5.41, 5.74) is 5.87. The van der Waals surface area contributed by atoms with Crippen molar-refractivity contribution in [1.82, 2.24) is 0 Å². The minimum atomic E-state index is -4.56. The Morgan fingerprint density at radius 2 is 1.61 bits per heavy atom. The minimum Gasteiger partial charge on any atom is -0.399 e. The van der Waals surface area contributed by atoms with E-state index >= 15 is 0 Å². The Bertz CT molecular complexity index is 961. The van der Waals surface area contributed by atoms with Crippen molar-refractivity contribution in [2.45, 2.75) is 16.3 Å². The molecular weight excluding hydrogens is 385 g/mol. The molecule has 0 heterocycles. The molecule has 0 saturated heterocycles. The summed E-state index contributed by atoms with van der Waals surface area (Å²) in [4.78, 5) is 13.7. The molecular formula is C21H17F3N2OS. The molecule has 1 atom stereocenters. The lowest BCUT2D eigenvalue weighted by Crippen LogP contribution is -2.21. The fraction of sp³-hybridized carbons (Fsp3) is 0.0952. The van der Waals surface area contributed by atoms with Crippen LogP contribution in [0.5, 0.6) is 0 Å². The van der Waals surface area contributed by atoms with Crippen molar-refractivity contribution >= 4 is 29.0 Å². The molecule has 0 bridgehead atoms. The van der Waals surface area contributed by atoms with Gasteiger partial charge in [0.25, 0.3) is 0 Å². The molecule has 3 rings (SSSR count). The first-order valence-electron chi connectivity index (χ1n) is 8.39. The van der Waals surface area contributed by atoms with Crippen LogP contribution in [0.15, 0.2) is 83.8 Å². The Kier molecular flexibility index (Phi) is 5.94. The monoisotopic (exact) mass is 402 g/mol. The van der Waals surface area contributed by atoms with E-state index in [0.29, 0.717) is 11.3 Å². The van der Waals surface area contributed by atoms with E-state index in [4.69, 9.17) is 5.73 Å². The summed E-state index contributed by atoms with van der Waals surface area (Å²) in [5, 5.41) is 1.69. The highest BCUT2D eigenvalue weighted by Crippen LogP contribution is 2.39. The van der Waals surface area contributed by atoms with Gasteiger partial charge in [0.1, 0.15) is 5.25 Å². The number of carbonyl (C=O) groups excluding carboxylic acids is 1. The van der Waals surface area contributed by atoms with Crippen molar-refractivity contribution in [2.24, 2.45) is 0 Å². The number of hydrogen-bond acceptors (Lipinski definition) is 3. The highest BCUT2D eigenvalue weighted by molar-refractivity contribution is 8.00. The van der Waals surface area contributed by atoms with E-state index < -0.39 is 22.9 Å². The molecule has 0 aromatic heterocycles. The van der Waals surface area contributed by atoms with Gasteiger partial charge in [-0.2, -0.15) is 13.2 Å². The maximum Gasteiger partial charge on any atom is 0.418 e. The minimum absolute atomic E-state index is 0.269. The predicted molar refractivity (Wildman–Crippen MR) is 106 cm³/mol. The van der Waals surface area contributed by atoms with Crippen molar-refractivity contribution in [3.8, 4) is 0 Å². The predicted octanol–water partition coefficient (Wildman–Crippen LogP) is 5.76. The number of halogens is 3. The van der Waals surface area contributed by atoms with E-state index in [1.54, 1.807) is 48.5 Å². The summed E-state index contributed by atoms with van der Waals surface area (Å²) in [5.74, 6) is -0.546. The molecule has 7 heteroatoms. The van der Waals surface area contributed by atoms with Crippen LogP contribution in [0.4, 0.5) is 24.5 Å². The molecule has 0 saturated carbocycles. The number of rotatable bonds is 5. The standard InChI is InChI=1S/C21H17F3N2OS/c22-21(23,24)17-11-4-5-12-18(17)26-20(27)19(14-7-2-1-3-8-14)28-16-10-6-9-15(25)13-16/h1-13,19H,25H2,(H,26,27). The number of hydrogen-bond donors (Lipinski definition) is 2. The van der Waals surface area contributed by atoms with E-state index in [2.05, 4.69) is 5.32 Å². The molecule has 0 spiro atoms. The summed E-state index contributed by atoms with van der Waals surface area (Å²) in [6.07, 6.45) is -4.56. The lowest BCUT2D eigenvalue weighted by molar-refractivity contribution is -0.137. The molecule has 1 amide bonds. The molecule has 3 N–H and O–H groups in total. The van der Waals surface area contributed by atoms with Gasteiger partial charge in [0, 0.05) is 10.6 Å². The molecule has 0 aliphatic heterocycles. The average molecular weight is 402 g/mol. The van der Waals surface area contributed by atoms with Crippen LogP contribution in [0.3, 0.4) is 0 Å². The number of amides is 1. The molecule has 0 aliphatic rings. The van der Waals surface area contributed by atoms with Crippen LogP contribution in [-0.4, -0.2) is 5.91 Å². The third-order valence-corrected chi connectivity index (χ3v) is 5.19. The topological polar surface area (TPSA) is 55.1 Å². The highest BCUT2D eigenvalue weighted by Gasteiger charge is 2.34. The second kappa shape index (κ2) is 8.39.